The zero-order valence-corrected chi connectivity index (χ0v) is 18.4. The molecule has 1 fully saturated rings. The number of ether oxygens (including phenoxy) is 2. The smallest absolute Gasteiger partial charge is 0.452 e. The van der Waals surface area contributed by atoms with Crippen LogP contribution in [0.3, 0.4) is 0 Å². The van der Waals surface area contributed by atoms with Crippen LogP contribution in [-0.2, 0) is 19.6 Å². The monoisotopic (exact) mass is 486 g/mol. The quantitative estimate of drug-likeness (QED) is 0.583. The fraction of sp³-hybridized carbons (Fsp3) is 0.333. The number of nitrogens with zero attached hydrogens (tertiary/aromatic N) is 2. The number of carbonyl (C=O) groups is 2. The van der Waals surface area contributed by atoms with Crippen LogP contribution in [-0.4, -0.2) is 68.6 Å². The van der Waals surface area contributed by atoms with E-state index < -0.39 is 40.6 Å². The SMILES string of the molecule is Cc1ccc(S(=O)(=O)N2CCN(C(=O)COC(=O)c3ccc(OC(F)(F)F)cc3)CC2)cc1. The van der Waals surface area contributed by atoms with Crippen molar-refractivity contribution in [2.24, 2.45) is 0 Å². The average molecular weight is 486 g/mol. The summed E-state index contributed by atoms with van der Waals surface area (Å²) in [4.78, 5) is 26.0. The molecule has 1 saturated heterocycles. The number of carbonyl (C=O) groups excluding carboxylic acids is 2. The fourth-order valence-electron chi connectivity index (χ4n) is 3.13. The highest BCUT2D eigenvalue weighted by molar-refractivity contribution is 7.89. The molecule has 0 N–H and O–H groups in total. The first-order valence-corrected chi connectivity index (χ1v) is 11.3. The van der Waals surface area contributed by atoms with Crippen LogP contribution < -0.4 is 4.74 Å². The Morgan fingerprint density at radius 2 is 1.52 bits per heavy atom. The molecule has 1 heterocycles. The molecule has 1 aliphatic rings. The first kappa shape index (κ1) is 24.5. The van der Waals surface area contributed by atoms with Gasteiger partial charge in [-0.15, -0.1) is 13.2 Å². The van der Waals surface area contributed by atoms with E-state index in [0.717, 1.165) is 29.8 Å². The van der Waals surface area contributed by atoms with E-state index in [0.29, 0.717) is 0 Å². The minimum absolute atomic E-state index is 0.0497. The minimum atomic E-state index is -4.85. The molecule has 0 bridgehead atoms. The molecule has 3 rings (SSSR count). The van der Waals surface area contributed by atoms with Gasteiger partial charge in [0.15, 0.2) is 6.61 Å². The number of hydrogen-bond donors (Lipinski definition) is 0. The standard InChI is InChI=1S/C21H21F3N2O6S/c1-15-2-8-18(9-3-15)33(29,30)26-12-10-25(11-13-26)19(27)14-31-20(28)16-4-6-17(7-5-16)32-21(22,23)24/h2-9H,10-14H2,1H3. The van der Waals surface area contributed by atoms with Gasteiger partial charge in [-0.2, -0.15) is 4.31 Å². The van der Waals surface area contributed by atoms with Gasteiger partial charge in [0, 0.05) is 26.2 Å². The van der Waals surface area contributed by atoms with Gasteiger partial charge in [-0.1, -0.05) is 17.7 Å². The van der Waals surface area contributed by atoms with E-state index >= 15 is 0 Å². The maximum absolute atomic E-state index is 12.7. The Morgan fingerprint density at radius 1 is 0.939 bits per heavy atom. The Hall–Kier alpha value is -3.12. The predicted molar refractivity (Wildman–Crippen MR) is 110 cm³/mol. The molecule has 0 radical (unpaired) electrons. The van der Waals surface area contributed by atoms with Gasteiger partial charge in [0.05, 0.1) is 10.5 Å². The second kappa shape index (κ2) is 9.79. The lowest BCUT2D eigenvalue weighted by Crippen LogP contribution is -2.51. The van der Waals surface area contributed by atoms with Crippen molar-refractivity contribution < 1.29 is 40.7 Å². The third-order valence-corrected chi connectivity index (χ3v) is 6.81. The Kier molecular flexibility index (Phi) is 7.28. The minimum Gasteiger partial charge on any atom is -0.452 e. The fourth-order valence-corrected chi connectivity index (χ4v) is 4.55. The van der Waals surface area contributed by atoms with Gasteiger partial charge in [0.25, 0.3) is 5.91 Å². The number of esters is 1. The van der Waals surface area contributed by atoms with E-state index in [1.807, 2.05) is 6.92 Å². The summed E-state index contributed by atoms with van der Waals surface area (Å²) in [6.07, 6.45) is -4.85. The highest BCUT2D eigenvalue weighted by Gasteiger charge is 2.32. The van der Waals surface area contributed by atoms with Crippen molar-refractivity contribution in [3.05, 3.63) is 59.7 Å². The highest BCUT2D eigenvalue weighted by Crippen LogP contribution is 2.23. The number of hydrogen-bond acceptors (Lipinski definition) is 6. The molecule has 0 saturated carbocycles. The summed E-state index contributed by atoms with van der Waals surface area (Å²) < 4.78 is 72.0. The van der Waals surface area contributed by atoms with Gasteiger partial charge in [0.1, 0.15) is 5.75 Å². The molecule has 33 heavy (non-hydrogen) atoms. The number of halogens is 3. The van der Waals surface area contributed by atoms with E-state index in [9.17, 15) is 31.2 Å². The van der Waals surface area contributed by atoms with Crippen molar-refractivity contribution in [2.75, 3.05) is 32.8 Å². The van der Waals surface area contributed by atoms with Crippen LogP contribution in [0.15, 0.2) is 53.4 Å². The largest absolute Gasteiger partial charge is 0.573 e. The number of aryl methyl sites for hydroxylation is 1. The number of amides is 1. The molecular weight excluding hydrogens is 465 g/mol. The van der Waals surface area contributed by atoms with Crippen molar-refractivity contribution >= 4 is 21.9 Å². The Bertz CT molecular complexity index is 1090. The van der Waals surface area contributed by atoms with E-state index in [1.165, 1.54) is 21.3 Å². The van der Waals surface area contributed by atoms with E-state index in [4.69, 9.17) is 4.74 Å². The van der Waals surface area contributed by atoms with Crippen molar-refractivity contribution in [1.29, 1.82) is 0 Å². The Morgan fingerprint density at radius 3 is 2.06 bits per heavy atom. The molecule has 2 aromatic carbocycles. The summed E-state index contributed by atoms with van der Waals surface area (Å²) in [5, 5.41) is 0. The summed E-state index contributed by atoms with van der Waals surface area (Å²) in [5.74, 6) is -1.89. The van der Waals surface area contributed by atoms with Gasteiger partial charge in [-0.25, -0.2) is 13.2 Å². The van der Waals surface area contributed by atoms with Crippen LogP contribution >= 0.6 is 0 Å². The molecule has 0 aliphatic carbocycles. The normalized spacial score (nSPS) is 15.2. The lowest BCUT2D eigenvalue weighted by atomic mass is 10.2. The van der Waals surface area contributed by atoms with Crippen molar-refractivity contribution in [2.45, 2.75) is 18.2 Å². The number of alkyl halides is 3. The number of benzene rings is 2. The maximum Gasteiger partial charge on any atom is 0.573 e. The predicted octanol–water partition coefficient (Wildman–Crippen LogP) is 2.58. The van der Waals surface area contributed by atoms with Gasteiger partial charge >= 0.3 is 12.3 Å². The van der Waals surface area contributed by atoms with Crippen LogP contribution in [0.1, 0.15) is 15.9 Å². The number of piperazine rings is 1. The van der Waals surface area contributed by atoms with Crippen molar-refractivity contribution in [3.8, 4) is 5.75 Å². The van der Waals surface area contributed by atoms with Crippen LogP contribution in [0.4, 0.5) is 13.2 Å². The lowest BCUT2D eigenvalue weighted by molar-refractivity contribution is -0.274. The highest BCUT2D eigenvalue weighted by atomic mass is 32.2. The summed E-state index contributed by atoms with van der Waals surface area (Å²) in [7, 11) is -3.68. The van der Waals surface area contributed by atoms with Crippen molar-refractivity contribution in [3.63, 3.8) is 0 Å². The van der Waals surface area contributed by atoms with Gasteiger partial charge in [0.2, 0.25) is 10.0 Å². The van der Waals surface area contributed by atoms with E-state index in [-0.39, 0.29) is 36.6 Å². The molecular formula is C21H21F3N2O6S. The zero-order chi connectivity index (χ0) is 24.2. The molecule has 12 heteroatoms. The first-order chi connectivity index (χ1) is 15.5. The average Bonchev–Trinajstić information content (AvgIpc) is 2.77. The summed E-state index contributed by atoms with van der Waals surface area (Å²) in [6.45, 7) is 1.72. The second-order valence-electron chi connectivity index (χ2n) is 7.25. The molecule has 0 aromatic heterocycles. The second-order valence-corrected chi connectivity index (χ2v) is 9.18. The van der Waals surface area contributed by atoms with Crippen LogP contribution in [0.5, 0.6) is 5.75 Å². The summed E-state index contributed by atoms with van der Waals surface area (Å²) >= 11 is 0. The van der Waals surface area contributed by atoms with Gasteiger partial charge in [-0.05, 0) is 43.3 Å². The van der Waals surface area contributed by atoms with E-state index in [1.54, 1.807) is 12.1 Å². The molecule has 0 spiro atoms. The lowest BCUT2D eigenvalue weighted by Gasteiger charge is -2.33. The maximum atomic E-state index is 12.7. The third-order valence-electron chi connectivity index (χ3n) is 4.90. The Balaban J connectivity index is 1.49. The zero-order valence-electron chi connectivity index (χ0n) is 17.5. The molecule has 0 unspecified atom stereocenters. The molecule has 8 nitrogen and oxygen atoms in total. The van der Waals surface area contributed by atoms with Gasteiger partial charge in [-0.3, -0.25) is 4.79 Å². The number of rotatable bonds is 6. The summed E-state index contributed by atoms with van der Waals surface area (Å²) in [5.41, 5.74) is 0.885. The molecule has 178 valence electrons. The number of sulfonamides is 1. The third kappa shape index (κ3) is 6.45. The molecule has 1 amide bonds. The Labute approximate surface area is 188 Å². The molecule has 1 aliphatic heterocycles. The molecule has 2 aromatic rings. The first-order valence-electron chi connectivity index (χ1n) is 9.83. The molecule has 0 atom stereocenters. The van der Waals surface area contributed by atoms with Gasteiger partial charge < -0.3 is 14.4 Å². The van der Waals surface area contributed by atoms with Crippen LogP contribution in [0.2, 0.25) is 0 Å². The van der Waals surface area contributed by atoms with Crippen molar-refractivity contribution in [1.82, 2.24) is 9.21 Å². The van der Waals surface area contributed by atoms with E-state index in [2.05, 4.69) is 4.74 Å². The topological polar surface area (TPSA) is 93.2 Å². The van der Waals surface area contributed by atoms with Crippen LogP contribution in [0, 0.1) is 6.92 Å². The summed E-state index contributed by atoms with van der Waals surface area (Å²) in [6, 6.07) is 10.6. The van der Waals surface area contributed by atoms with Crippen LogP contribution in [0.25, 0.3) is 0 Å².